The highest BCUT2D eigenvalue weighted by Gasteiger charge is 2.04. The maximum absolute atomic E-state index is 11.9. The van der Waals surface area contributed by atoms with Crippen molar-refractivity contribution in [3.8, 4) is 0 Å². The third-order valence-electron chi connectivity index (χ3n) is 2.62. The molecule has 0 fully saturated rings. The minimum atomic E-state index is -0.295. The molecule has 1 amide bonds. The summed E-state index contributed by atoms with van der Waals surface area (Å²) in [5.41, 5.74) is 4.73. The number of carbonyl (C=O) groups excluding carboxylic acids is 1. The molecule has 0 aliphatic rings. The standard InChI is InChI=1S/C16H14BrN3O/c1-12(7-8-13-5-3-2-4-6-13)19-20-16(21)14-9-15(17)11-18-10-14/h2-11H,1H3,(H,20,21)/b8-7+,19-12+. The summed E-state index contributed by atoms with van der Waals surface area (Å²) in [6.45, 7) is 1.82. The Morgan fingerprint density at radius 2 is 2.05 bits per heavy atom. The van der Waals surface area contributed by atoms with Gasteiger partial charge in [0.15, 0.2) is 0 Å². The predicted molar refractivity (Wildman–Crippen MR) is 88.0 cm³/mol. The number of nitrogens with one attached hydrogen (secondary N) is 1. The number of pyridine rings is 1. The molecule has 0 atom stereocenters. The van der Waals surface area contributed by atoms with Crippen molar-refractivity contribution in [2.75, 3.05) is 0 Å². The number of allylic oxidation sites excluding steroid dienone is 1. The van der Waals surface area contributed by atoms with Gasteiger partial charge in [0.1, 0.15) is 0 Å². The fourth-order valence-corrected chi connectivity index (χ4v) is 1.92. The van der Waals surface area contributed by atoms with Crippen LogP contribution in [0.3, 0.4) is 0 Å². The molecule has 0 saturated heterocycles. The number of aromatic nitrogens is 1. The van der Waals surface area contributed by atoms with Gasteiger partial charge in [-0.15, -0.1) is 0 Å². The van der Waals surface area contributed by atoms with Crippen molar-refractivity contribution in [2.45, 2.75) is 6.92 Å². The molecular formula is C16H14BrN3O. The van der Waals surface area contributed by atoms with Crippen LogP contribution in [0, 0.1) is 0 Å². The lowest BCUT2D eigenvalue weighted by Gasteiger charge is -2.00. The second-order valence-corrected chi connectivity index (χ2v) is 5.25. The Labute approximate surface area is 131 Å². The molecule has 106 valence electrons. The monoisotopic (exact) mass is 343 g/mol. The van der Waals surface area contributed by atoms with E-state index in [1.807, 2.05) is 49.4 Å². The van der Waals surface area contributed by atoms with Crippen LogP contribution in [0.2, 0.25) is 0 Å². The molecule has 5 heteroatoms. The van der Waals surface area contributed by atoms with Crippen molar-refractivity contribution in [2.24, 2.45) is 5.10 Å². The zero-order chi connectivity index (χ0) is 15.1. The highest BCUT2D eigenvalue weighted by molar-refractivity contribution is 9.10. The van der Waals surface area contributed by atoms with Gasteiger partial charge in [0.05, 0.1) is 11.3 Å². The lowest BCUT2D eigenvalue weighted by molar-refractivity contribution is 0.0954. The number of amides is 1. The Hall–Kier alpha value is -2.27. The first-order chi connectivity index (χ1) is 10.1. The molecule has 1 heterocycles. The van der Waals surface area contributed by atoms with E-state index in [4.69, 9.17) is 0 Å². The highest BCUT2D eigenvalue weighted by Crippen LogP contribution is 2.09. The molecule has 0 saturated carbocycles. The van der Waals surface area contributed by atoms with Gasteiger partial charge in [0.2, 0.25) is 0 Å². The maximum atomic E-state index is 11.9. The van der Waals surface area contributed by atoms with Gasteiger partial charge in [0, 0.05) is 16.9 Å². The third-order valence-corrected chi connectivity index (χ3v) is 3.05. The van der Waals surface area contributed by atoms with Crippen LogP contribution < -0.4 is 5.43 Å². The summed E-state index contributed by atoms with van der Waals surface area (Å²) in [6.07, 6.45) is 6.89. The number of hydrazone groups is 1. The van der Waals surface area contributed by atoms with Gasteiger partial charge >= 0.3 is 0 Å². The smallest absolute Gasteiger partial charge is 0.267 e. The molecule has 2 aromatic rings. The Morgan fingerprint density at radius 3 is 2.76 bits per heavy atom. The van der Waals surface area contributed by atoms with Gasteiger partial charge in [-0.05, 0) is 40.6 Å². The van der Waals surface area contributed by atoms with Crippen LogP contribution in [-0.4, -0.2) is 16.6 Å². The number of benzene rings is 1. The lowest BCUT2D eigenvalue weighted by atomic mass is 10.2. The van der Waals surface area contributed by atoms with E-state index in [0.29, 0.717) is 11.3 Å². The Kier molecular flexibility index (Phi) is 5.40. The molecule has 0 radical (unpaired) electrons. The SMILES string of the molecule is CC(/C=C/c1ccccc1)=N\NC(=O)c1cncc(Br)c1. The first-order valence-electron chi connectivity index (χ1n) is 6.33. The van der Waals surface area contributed by atoms with Crippen LogP contribution in [0.1, 0.15) is 22.8 Å². The van der Waals surface area contributed by atoms with Crippen LogP contribution >= 0.6 is 15.9 Å². The van der Waals surface area contributed by atoms with Gasteiger partial charge < -0.3 is 0 Å². The number of carbonyl (C=O) groups is 1. The number of halogens is 1. The molecule has 1 N–H and O–H groups in total. The minimum absolute atomic E-state index is 0.295. The van der Waals surface area contributed by atoms with E-state index in [2.05, 4.69) is 31.4 Å². The average Bonchev–Trinajstić information content (AvgIpc) is 2.51. The molecule has 0 aliphatic carbocycles. The zero-order valence-electron chi connectivity index (χ0n) is 11.5. The molecule has 0 aliphatic heterocycles. The number of nitrogens with zero attached hydrogens (tertiary/aromatic N) is 2. The predicted octanol–water partition coefficient (Wildman–Crippen LogP) is 3.66. The molecule has 2 rings (SSSR count). The van der Waals surface area contributed by atoms with Gasteiger partial charge in [0.25, 0.3) is 5.91 Å². The van der Waals surface area contributed by atoms with Crippen LogP contribution in [0.5, 0.6) is 0 Å². The first-order valence-corrected chi connectivity index (χ1v) is 7.13. The van der Waals surface area contributed by atoms with Gasteiger partial charge in [-0.3, -0.25) is 9.78 Å². The quantitative estimate of drug-likeness (QED) is 0.680. The van der Waals surface area contributed by atoms with Crippen molar-refractivity contribution in [3.63, 3.8) is 0 Å². The second kappa shape index (κ2) is 7.50. The van der Waals surface area contributed by atoms with Crippen LogP contribution in [0.4, 0.5) is 0 Å². The lowest BCUT2D eigenvalue weighted by Crippen LogP contribution is -2.18. The van der Waals surface area contributed by atoms with E-state index < -0.39 is 0 Å². The van der Waals surface area contributed by atoms with E-state index in [9.17, 15) is 4.79 Å². The van der Waals surface area contributed by atoms with Crippen LogP contribution in [0.15, 0.2) is 64.4 Å². The van der Waals surface area contributed by atoms with Gasteiger partial charge in [-0.25, -0.2) is 5.43 Å². The van der Waals surface area contributed by atoms with Crippen LogP contribution in [0.25, 0.3) is 6.08 Å². The third kappa shape index (κ3) is 4.96. The summed E-state index contributed by atoms with van der Waals surface area (Å²) in [7, 11) is 0. The Balaban J connectivity index is 1.97. The van der Waals surface area contributed by atoms with E-state index >= 15 is 0 Å². The number of hydrogen-bond acceptors (Lipinski definition) is 3. The number of rotatable bonds is 4. The molecule has 1 aromatic carbocycles. The number of hydrogen-bond donors (Lipinski definition) is 1. The average molecular weight is 344 g/mol. The molecule has 0 bridgehead atoms. The largest absolute Gasteiger partial charge is 0.272 e. The molecule has 0 unspecified atom stereocenters. The summed E-state index contributed by atoms with van der Waals surface area (Å²) in [5, 5.41) is 4.03. The van der Waals surface area contributed by atoms with E-state index in [1.165, 1.54) is 6.20 Å². The summed E-state index contributed by atoms with van der Waals surface area (Å²) in [4.78, 5) is 15.8. The minimum Gasteiger partial charge on any atom is -0.267 e. The van der Waals surface area contributed by atoms with E-state index in [-0.39, 0.29) is 5.91 Å². The van der Waals surface area contributed by atoms with E-state index in [0.717, 1.165) is 10.0 Å². The molecule has 1 aromatic heterocycles. The van der Waals surface area contributed by atoms with Crippen LogP contribution in [-0.2, 0) is 0 Å². The molecule has 4 nitrogen and oxygen atoms in total. The Morgan fingerprint density at radius 1 is 1.29 bits per heavy atom. The summed E-state index contributed by atoms with van der Waals surface area (Å²) >= 11 is 3.27. The molecule has 21 heavy (non-hydrogen) atoms. The van der Waals surface area contributed by atoms with Crippen molar-refractivity contribution < 1.29 is 4.79 Å². The maximum Gasteiger partial charge on any atom is 0.272 e. The zero-order valence-corrected chi connectivity index (χ0v) is 13.0. The highest BCUT2D eigenvalue weighted by atomic mass is 79.9. The van der Waals surface area contributed by atoms with Crippen molar-refractivity contribution in [3.05, 3.63) is 70.5 Å². The fraction of sp³-hybridized carbons (Fsp3) is 0.0625. The van der Waals surface area contributed by atoms with Crippen molar-refractivity contribution >= 4 is 33.6 Å². The van der Waals surface area contributed by atoms with Crippen molar-refractivity contribution in [1.82, 2.24) is 10.4 Å². The van der Waals surface area contributed by atoms with E-state index in [1.54, 1.807) is 12.3 Å². The van der Waals surface area contributed by atoms with Crippen molar-refractivity contribution in [1.29, 1.82) is 0 Å². The second-order valence-electron chi connectivity index (χ2n) is 4.33. The Bertz CT molecular complexity index is 681. The topological polar surface area (TPSA) is 54.4 Å². The van der Waals surface area contributed by atoms with Gasteiger partial charge in [-0.2, -0.15) is 5.10 Å². The molecular weight excluding hydrogens is 330 g/mol. The first kappa shape index (κ1) is 15.1. The van der Waals surface area contributed by atoms with Gasteiger partial charge in [-0.1, -0.05) is 36.4 Å². The normalized spacial score (nSPS) is 11.6. The molecule has 0 spiro atoms. The fourth-order valence-electron chi connectivity index (χ4n) is 1.56. The summed E-state index contributed by atoms with van der Waals surface area (Å²) < 4.78 is 0.750. The summed E-state index contributed by atoms with van der Waals surface area (Å²) in [5.74, 6) is -0.295. The summed E-state index contributed by atoms with van der Waals surface area (Å²) in [6, 6.07) is 11.6.